The summed E-state index contributed by atoms with van der Waals surface area (Å²) >= 11 is 0. The minimum Gasteiger partial charge on any atom is -0.391 e. The van der Waals surface area contributed by atoms with Crippen LogP contribution in [0.15, 0.2) is 18.2 Å². The van der Waals surface area contributed by atoms with E-state index in [2.05, 4.69) is 10.2 Å². The fourth-order valence-electron chi connectivity index (χ4n) is 4.64. The molecule has 2 N–H and O–H groups in total. The minimum absolute atomic E-state index is 0.00846. The van der Waals surface area contributed by atoms with Crippen molar-refractivity contribution in [1.29, 1.82) is 0 Å². The molecule has 198 valence electrons. The maximum absolute atomic E-state index is 13.6. The minimum atomic E-state index is -4.84. The van der Waals surface area contributed by atoms with Crippen molar-refractivity contribution in [2.24, 2.45) is 5.41 Å². The number of amides is 1. The molecule has 2 aliphatic rings. The molecule has 1 aliphatic heterocycles. The van der Waals surface area contributed by atoms with Crippen molar-refractivity contribution in [3.63, 3.8) is 0 Å². The Labute approximate surface area is 203 Å². The number of benzene rings is 1. The van der Waals surface area contributed by atoms with E-state index in [-0.39, 0.29) is 29.7 Å². The third-order valence-corrected chi connectivity index (χ3v) is 7.09. The van der Waals surface area contributed by atoms with E-state index in [0.717, 1.165) is 31.9 Å². The summed E-state index contributed by atoms with van der Waals surface area (Å²) in [6.45, 7) is 4.29. The Morgan fingerprint density at radius 3 is 2.54 bits per heavy atom. The summed E-state index contributed by atoms with van der Waals surface area (Å²) in [5, 5.41) is 13.2. The van der Waals surface area contributed by atoms with Crippen LogP contribution in [-0.4, -0.2) is 86.2 Å². The summed E-state index contributed by atoms with van der Waals surface area (Å²) in [4.78, 5) is 16.9. The van der Waals surface area contributed by atoms with Gasteiger partial charge in [0, 0.05) is 33.0 Å². The highest BCUT2D eigenvalue weighted by atomic mass is 19.4. The van der Waals surface area contributed by atoms with Crippen LogP contribution in [0.5, 0.6) is 0 Å². The van der Waals surface area contributed by atoms with Gasteiger partial charge in [-0.25, -0.2) is 4.39 Å². The number of rotatable bonds is 11. The molecule has 1 aliphatic carbocycles. The molecule has 1 saturated heterocycles. The first-order chi connectivity index (χ1) is 16.5. The summed E-state index contributed by atoms with van der Waals surface area (Å²) in [6.07, 6.45) is -2.03. The van der Waals surface area contributed by atoms with Crippen LogP contribution in [0, 0.1) is 11.2 Å². The summed E-state index contributed by atoms with van der Waals surface area (Å²) in [5.41, 5.74) is -1.28. The SMILES string of the molecule is COC(CN(CCCN1CCC2(CC2)[C@H](O)C1)C(=O)C(C)Nc1ccc(F)c(C(F)(F)F)c1)OC. The Morgan fingerprint density at radius 2 is 1.97 bits per heavy atom. The van der Waals surface area contributed by atoms with Gasteiger partial charge in [0.1, 0.15) is 11.9 Å². The number of β-amino-alcohol motifs (C(OH)–C–C–N with tert-alkyl or cyclic N) is 1. The molecule has 7 nitrogen and oxygen atoms in total. The maximum Gasteiger partial charge on any atom is 0.419 e. The second-order valence-electron chi connectivity index (χ2n) is 9.53. The first-order valence-electron chi connectivity index (χ1n) is 11.9. The normalized spacial score (nSPS) is 20.8. The zero-order valence-corrected chi connectivity index (χ0v) is 20.4. The van der Waals surface area contributed by atoms with Gasteiger partial charge in [0.25, 0.3) is 0 Å². The number of likely N-dealkylation sites (tertiary alicyclic amines) is 1. The standard InChI is InChI=1S/C24H35F4N3O4/c1-16(29-17-5-6-19(25)18(13-17)24(26,27)28)22(33)31(15-21(34-2)35-3)11-4-10-30-12-9-23(7-8-23)20(32)14-30/h5-6,13,16,20-21,29,32H,4,7-12,14-15H2,1-3H3/t16?,20-/m1/s1. The number of nitrogens with zero attached hydrogens (tertiary/aromatic N) is 2. The molecule has 1 aromatic rings. The van der Waals surface area contributed by atoms with Gasteiger partial charge in [0.15, 0.2) is 6.29 Å². The fourth-order valence-corrected chi connectivity index (χ4v) is 4.64. The first kappa shape index (κ1) is 27.6. The average Bonchev–Trinajstić information content (AvgIpc) is 3.59. The van der Waals surface area contributed by atoms with Gasteiger partial charge >= 0.3 is 6.18 Å². The summed E-state index contributed by atoms with van der Waals surface area (Å²) in [5.74, 6) is -1.72. The van der Waals surface area contributed by atoms with E-state index in [4.69, 9.17) is 9.47 Å². The molecule has 35 heavy (non-hydrogen) atoms. The number of carbonyl (C=O) groups is 1. The molecule has 1 spiro atoms. The molecule has 1 saturated carbocycles. The number of carbonyl (C=O) groups excluding carboxylic acids is 1. The molecular weight excluding hydrogens is 470 g/mol. The zero-order chi connectivity index (χ0) is 25.8. The summed E-state index contributed by atoms with van der Waals surface area (Å²) in [6, 6.07) is 1.68. The van der Waals surface area contributed by atoms with Gasteiger partial charge in [0.2, 0.25) is 5.91 Å². The molecule has 0 radical (unpaired) electrons. The molecule has 1 heterocycles. The van der Waals surface area contributed by atoms with Crippen LogP contribution in [0.3, 0.4) is 0 Å². The Bertz CT molecular complexity index is 862. The number of piperidine rings is 1. The van der Waals surface area contributed by atoms with Gasteiger partial charge in [-0.15, -0.1) is 0 Å². The third kappa shape index (κ3) is 7.05. The van der Waals surface area contributed by atoms with E-state index < -0.39 is 29.9 Å². The predicted octanol–water partition coefficient (Wildman–Crippen LogP) is 3.33. The molecule has 0 aromatic heterocycles. The molecule has 1 amide bonds. The monoisotopic (exact) mass is 505 g/mol. The van der Waals surface area contributed by atoms with Crippen LogP contribution >= 0.6 is 0 Å². The Kier molecular flexibility index (Phi) is 9.01. The second-order valence-corrected chi connectivity index (χ2v) is 9.53. The van der Waals surface area contributed by atoms with E-state index in [0.29, 0.717) is 32.1 Å². The van der Waals surface area contributed by atoms with Crippen LogP contribution in [0.25, 0.3) is 0 Å². The fraction of sp³-hybridized carbons (Fsp3) is 0.708. The Hall–Kier alpha value is -1.95. The van der Waals surface area contributed by atoms with Crippen molar-refractivity contribution in [1.82, 2.24) is 9.80 Å². The number of ether oxygens (including phenoxy) is 2. The van der Waals surface area contributed by atoms with Gasteiger partial charge in [-0.2, -0.15) is 13.2 Å². The number of hydrogen-bond donors (Lipinski definition) is 2. The van der Waals surface area contributed by atoms with Crippen LogP contribution in [0.1, 0.15) is 38.2 Å². The highest BCUT2D eigenvalue weighted by molar-refractivity contribution is 5.84. The van der Waals surface area contributed by atoms with Crippen LogP contribution < -0.4 is 5.32 Å². The lowest BCUT2D eigenvalue weighted by Gasteiger charge is -2.37. The molecule has 11 heteroatoms. The second kappa shape index (κ2) is 11.4. The Morgan fingerprint density at radius 1 is 1.29 bits per heavy atom. The van der Waals surface area contributed by atoms with Crippen molar-refractivity contribution in [3.05, 3.63) is 29.6 Å². The van der Waals surface area contributed by atoms with Gasteiger partial charge in [0.05, 0.1) is 18.2 Å². The Balaban J connectivity index is 1.60. The van der Waals surface area contributed by atoms with E-state index >= 15 is 0 Å². The average molecular weight is 506 g/mol. The number of methoxy groups -OCH3 is 2. The van der Waals surface area contributed by atoms with Crippen molar-refractivity contribution in [3.8, 4) is 0 Å². The van der Waals surface area contributed by atoms with Crippen LogP contribution in [0.4, 0.5) is 23.2 Å². The highest BCUT2D eigenvalue weighted by Crippen LogP contribution is 2.53. The number of halogens is 4. The summed E-state index contributed by atoms with van der Waals surface area (Å²) in [7, 11) is 2.91. The highest BCUT2D eigenvalue weighted by Gasteiger charge is 2.51. The molecular formula is C24H35F4N3O4. The van der Waals surface area contributed by atoms with E-state index in [1.165, 1.54) is 27.2 Å². The van der Waals surface area contributed by atoms with Crippen molar-refractivity contribution >= 4 is 11.6 Å². The smallest absolute Gasteiger partial charge is 0.391 e. The van der Waals surface area contributed by atoms with Crippen molar-refractivity contribution in [2.75, 3.05) is 52.3 Å². The lowest BCUT2D eigenvalue weighted by Crippen LogP contribution is -2.48. The number of anilines is 1. The lowest BCUT2D eigenvalue weighted by atomic mass is 9.90. The lowest BCUT2D eigenvalue weighted by molar-refractivity contribution is -0.146. The molecule has 2 fully saturated rings. The number of nitrogens with one attached hydrogen (secondary N) is 1. The number of alkyl halides is 3. The number of aliphatic hydroxyl groups is 1. The van der Waals surface area contributed by atoms with E-state index in [9.17, 15) is 27.5 Å². The van der Waals surface area contributed by atoms with Crippen LogP contribution in [0.2, 0.25) is 0 Å². The van der Waals surface area contributed by atoms with E-state index in [1.807, 2.05) is 0 Å². The first-order valence-corrected chi connectivity index (χ1v) is 11.9. The van der Waals surface area contributed by atoms with Gasteiger partial charge in [-0.05, 0) is 69.3 Å². The molecule has 1 unspecified atom stereocenters. The van der Waals surface area contributed by atoms with Gasteiger partial charge in [-0.3, -0.25) is 4.79 Å². The predicted molar refractivity (Wildman–Crippen MR) is 122 cm³/mol. The van der Waals surface area contributed by atoms with E-state index in [1.54, 1.807) is 4.90 Å². The topological polar surface area (TPSA) is 74.3 Å². The molecule has 2 atom stereocenters. The molecule has 0 bridgehead atoms. The van der Waals surface area contributed by atoms with Crippen molar-refractivity contribution < 1.29 is 36.9 Å². The largest absolute Gasteiger partial charge is 0.419 e. The number of aliphatic hydroxyl groups excluding tert-OH is 1. The number of hydrogen-bond acceptors (Lipinski definition) is 6. The van der Waals surface area contributed by atoms with Crippen LogP contribution in [-0.2, 0) is 20.4 Å². The molecule has 1 aromatic carbocycles. The van der Waals surface area contributed by atoms with Gasteiger partial charge in [-0.1, -0.05) is 0 Å². The quantitative estimate of drug-likeness (QED) is 0.355. The van der Waals surface area contributed by atoms with Crippen molar-refractivity contribution in [2.45, 2.75) is 57.2 Å². The zero-order valence-electron chi connectivity index (χ0n) is 20.4. The van der Waals surface area contributed by atoms with Gasteiger partial charge < -0.3 is 29.7 Å². The maximum atomic E-state index is 13.6. The summed E-state index contributed by atoms with van der Waals surface area (Å²) < 4.78 is 63.2. The molecule has 3 rings (SSSR count). The third-order valence-electron chi connectivity index (χ3n) is 7.09.